The average molecular weight is 441 g/mol. The van der Waals surface area contributed by atoms with Gasteiger partial charge in [0.25, 0.3) is 0 Å². The Morgan fingerprint density at radius 1 is 1.00 bits per heavy atom. The number of aliphatic hydroxyl groups excluding tert-OH is 1. The zero-order chi connectivity index (χ0) is 19.3. The van der Waals surface area contributed by atoms with Crippen LogP contribution in [0.2, 0.25) is 0 Å². The van der Waals surface area contributed by atoms with E-state index in [9.17, 15) is 5.11 Å². The number of halogens is 1. The number of aliphatic hydroxyl groups is 1. The van der Waals surface area contributed by atoms with Gasteiger partial charge in [-0.25, -0.2) is 0 Å². The Morgan fingerprint density at radius 3 is 2.39 bits per heavy atom. The highest BCUT2D eigenvalue weighted by Gasteiger charge is 2.24. The number of aromatic nitrogens is 2. The average Bonchev–Trinajstić information content (AvgIpc) is 3.10. The molecule has 1 fully saturated rings. The SMILES string of the molecule is OCc1nn(C2CCCCC2)c(-c2ccc(OCc3ccccc3)cc2)c1Br. The van der Waals surface area contributed by atoms with Crippen molar-refractivity contribution in [2.45, 2.75) is 51.4 Å². The topological polar surface area (TPSA) is 47.3 Å². The number of benzene rings is 2. The van der Waals surface area contributed by atoms with E-state index in [0.29, 0.717) is 18.3 Å². The maximum absolute atomic E-state index is 9.70. The molecule has 2 aromatic carbocycles. The van der Waals surface area contributed by atoms with Crippen LogP contribution < -0.4 is 4.74 Å². The fraction of sp³-hybridized carbons (Fsp3) is 0.348. The lowest BCUT2D eigenvalue weighted by atomic mass is 9.95. The monoisotopic (exact) mass is 440 g/mol. The summed E-state index contributed by atoms with van der Waals surface area (Å²) >= 11 is 3.67. The fourth-order valence-electron chi connectivity index (χ4n) is 3.86. The summed E-state index contributed by atoms with van der Waals surface area (Å²) in [6.45, 7) is 0.490. The van der Waals surface area contributed by atoms with E-state index in [0.717, 1.165) is 39.9 Å². The third kappa shape index (κ3) is 4.15. The molecular formula is C23H25BrN2O2. The van der Waals surface area contributed by atoms with Crippen molar-refractivity contribution in [3.63, 3.8) is 0 Å². The smallest absolute Gasteiger partial charge is 0.119 e. The Labute approximate surface area is 174 Å². The first-order valence-electron chi connectivity index (χ1n) is 9.91. The van der Waals surface area contributed by atoms with Crippen LogP contribution in [0.1, 0.15) is 49.4 Å². The minimum absolute atomic E-state index is 0.0639. The van der Waals surface area contributed by atoms with Crippen LogP contribution in [-0.2, 0) is 13.2 Å². The molecule has 0 atom stereocenters. The predicted molar refractivity (Wildman–Crippen MR) is 114 cm³/mol. The van der Waals surface area contributed by atoms with Crippen LogP contribution in [0.25, 0.3) is 11.3 Å². The highest BCUT2D eigenvalue weighted by Crippen LogP contribution is 2.38. The van der Waals surface area contributed by atoms with Crippen molar-refractivity contribution in [1.29, 1.82) is 0 Å². The molecule has 0 aliphatic heterocycles. The van der Waals surface area contributed by atoms with Crippen molar-refractivity contribution in [3.05, 3.63) is 70.3 Å². The highest BCUT2D eigenvalue weighted by atomic mass is 79.9. The van der Waals surface area contributed by atoms with E-state index in [1.807, 2.05) is 30.3 Å². The first-order valence-corrected chi connectivity index (χ1v) is 10.7. The largest absolute Gasteiger partial charge is 0.489 e. The summed E-state index contributed by atoms with van der Waals surface area (Å²) in [5.41, 5.74) is 3.98. The molecule has 4 nitrogen and oxygen atoms in total. The van der Waals surface area contributed by atoms with E-state index in [1.165, 1.54) is 19.3 Å². The minimum atomic E-state index is -0.0639. The lowest BCUT2D eigenvalue weighted by Gasteiger charge is -2.24. The van der Waals surface area contributed by atoms with E-state index < -0.39 is 0 Å². The zero-order valence-electron chi connectivity index (χ0n) is 15.9. The maximum atomic E-state index is 9.70. The standard InChI is InChI=1S/C23H25BrN2O2/c24-22-21(15-27)25-26(19-9-5-2-6-10-19)23(22)18-11-13-20(14-12-18)28-16-17-7-3-1-4-8-17/h1,3-4,7-8,11-14,19,27H,2,5-6,9-10,15-16H2. The number of nitrogens with zero attached hydrogens (tertiary/aromatic N) is 2. The van der Waals surface area contributed by atoms with Gasteiger partial charge in [-0.15, -0.1) is 0 Å². The molecule has 0 unspecified atom stereocenters. The molecule has 0 radical (unpaired) electrons. The summed E-state index contributed by atoms with van der Waals surface area (Å²) in [7, 11) is 0. The Bertz CT molecular complexity index is 900. The van der Waals surface area contributed by atoms with Crippen LogP contribution in [-0.4, -0.2) is 14.9 Å². The van der Waals surface area contributed by atoms with Gasteiger partial charge in [-0.1, -0.05) is 49.6 Å². The Kier molecular flexibility index (Phi) is 6.13. The van der Waals surface area contributed by atoms with Gasteiger partial charge in [0.2, 0.25) is 0 Å². The first-order chi connectivity index (χ1) is 13.8. The number of rotatable bonds is 6. The Balaban J connectivity index is 1.57. The zero-order valence-corrected chi connectivity index (χ0v) is 17.4. The van der Waals surface area contributed by atoms with E-state index in [4.69, 9.17) is 9.84 Å². The van der Waals surface area contributed by atoms with E-state index in [1.54, 1.807) is 0 Å². The molecule has 0 spiro atoms. The van der Waals surface area contributed by atoms with Gasteiger partial charge < -0.3 is 9.84 Å². The summed E-state index contributed by atoms with van der Waals surface area (Å²) in [6, 6.07) is 18.7. The molecule has 1 aliphatic carbocycles. The molecule has 28 heavy (non-hydrogen) atoms. The molecule has 0 bridgehead atoms. The van der Waals surface area contributed by atoms with Crippen molar-refractivity contribution in [2.24, 2.45) is 0 Å². The van der Waals surface area contributed by atoms with E-state index >= 15 is 0 Å². The van der Waals surface area contributed by atoms with Crippen LogP contribution >= 0.6 is 15.9 Å². The molecule has 4 rings (SSSR count). The molecule has 0 amide bonds. The quantitative estimate of drug-likeness (QED) is 0.519. The molecule has 1 N–H and O–H groups in total. The lowest BCUT2D eigenvalue weighted by Crippen LogP contribution is -2.15. The third-order valence-electron chi connectivity index (χ3n) is 5.37. The van der Waals surface area contributed by atoms with Gasteiger partial charge >= 0.3 is 0 Å². The number of ether oxygens (including phenoxy) is 1. The van der Waals surface area contributed by atoms with Gasteiger partial charge in [-0.05, 0) is 58.6 Å². The van der Waals surface area contributed by atoms with Crippen LogP contribution in [0.4, 0.5) is 0 Å². The molecule has 0 saturated heterocycles. The predicted octanol–water partition coefficient (Wildman–Crippen LogP) is 5.89. The minimum Gasteiger partial charge on any atom is -0.489 e. The summed E-state index contributed by atoms with van der Waals surface area (Å²) in [5.74, 6) is 0.842. The van der Waals surface area contributed by atoms with Crippen molar-refractivity contribution in [2.75, 3.05) is 0 Å². The Hall–Kier alpha value is -2.11. The van der Waals surface area contributed by atoms with Crippen molar-refractivity contribution < 1.29 is 9.84 Å². The molecular weight excluding hydrogens is 416 g/mol. The van der Waals surface area contributed by atoms with Crippen LogP contribution in [0.3, 0.4) is 0 Å². The molecule has 1 saturated carbocycles. The second-order valence-electron chi connectivity index (χ2n) is 7.30. The van der Waals surface area contributed by atoms with Crippen molar-refractivity contribution in [1.82, 2.24) is 9.78 Å². The van der Waals surface area contributed by atoms with Crippen LogP contribution in [0, 0.1) is 0 Å². The first kappa shape index (κ1) is 19.2. The summed E-state index contributed by atoms with van der Waals surface area (Å²) in [5, 5.41) is 14.4. The number of hydrogen-bond acceptors (Lipinski definition) is 3. The van der Waals surface area contributed by atoms with Crippen LogP contribution in [0.5, 0.6) is 5.75 Å². The van der Waals surface area contributed by atoms with E-state index in [-0.39, 0.29) is 6.61 Å². The molecule has 1 heterocycles. The molecule has 1 aromatic heterocycles. The van der Waals surface area contributed by atoms with Gasteiger partial charge in [0.05, 0.1) is 22.8 Å². The lowest BCUT2D eigenvalue weighted by molar-refractivity contribution is 0.270. The molecule has 1 aliphatic rings. The van der Waals surface area contributed by atoms with Gasteiger partial charge in [0, 0.05) is 5.56 Å². The third-order valence-corrected chi connectivity index (χ3v) is 6.20. The second-order valence-corrected chi connectivity index (χ2v) is 8.10. The van der Waals surface area contributed by atoms with Gasteiger partial charge in [0.15, 0.2) is 0 Å². The number of hydrogen-bond donors (Lipinski definition) is 1. The molecule has 146 valence electrons. The molecule has 3 aromatic rings. The summed E-state index contributed by atoms with van der Waals surface area (Å²) < 4.78 is 8.92. The highest BCUT2D eigenvalue weighted by molar-refractivity contribution is 9.10. The van der Waals surface area contributed by atoms with Gasteiger partial charge in [-0.3, -0.25) is 4.68 Å². The van der Waals surface area contributed by atoms with Crippen LogP contribution in [0.15, 0.2) is 59.1 Å². The summed E-state index contributed by atoms with van der Waals surface area (Å²) in [6.07, 6.45) is 6.06. The van der Waals surface area contributed by atoms with Gasteiger partial charge in [-0.2, -0.15) is 5.10 Å². The van der Waals surface area contributed by atoms with Gasteiger partial charge in [0.1, 0.15) is 18.1 Å². The fourth-order valence-corrected chi connectivity index (χ4v) is 4.48. The molecule has 5 heteroatoms. The normalized spacial score (nSPS) is 14.9. The Morgan fingerprint density at radius 2 is 1.71 bits per heavy atom. The van der Waals surface area contributed by atoms with E-state index in [2.05, 4.69) is 44.9 Å². The maximum Gasteiger partial charge on any atom is 0.119 e. The summed E-state index contributed by atoms with van der Waals surface area (Å²) in [4.78, 5) is 0. The van der Waals surface area contributed by atoms with Crippen molar-refractivity contribution in [3.8, 4) is 17.0 Å². The van der Waals surface area contributed by atoms with Crippen molar-refractivity contribution >= 4 is 15.9 Å². The second kappa shape index (κ2) is 8.93.